The molecule has 2 unspecified atom stereocenters. The van der Waals surface area contributed by atoms with Crippen molar-refractivity contribution in [3.63, 3.8) is 0 Å². The lowest BCUT2D eigenvalue weighted by Crippen LogP contribution is -2.28. The fraction of sp³-hybridized carbons (Fsp3) is 0.404. The van der Waals surface area contributed by atoms with Crippen LogP contribution in [0.2, 0.25) is 6.55 Å². The predicted octanol–water partition coefficient (Wildman–Crippen LogP) is 12.5. The number of rotatable bonds is 4. The van der Waals surface area contributed by atoms with Gasteiger partial charge in [-0.2, -0.15) is 0 Å². The molecule has 0 fully saturated rings. The largest absolute Gasteiger partial charge is 0.0717 e. The van der Waals surface area contributed by atoms with Gasteiger partial charge in [-0.25, -0.2) is 0 Å². The second-order valence-corrected chi connectivity index (χ2v) is 20.2. The Kier molecular flexibility index (Phi) is 7.50. The van der Waals surface area contributed by atoms with E-state index in [4.69, 9.17) is 0 Å². The third-order valence-electron chi connectivity index (χ3n) is 12.2. The minimum atomic E-state index is -0.883. The highest BCUT2D eigenvalue weighted by molar-refractivity contribution is 6.63. The summed E-state index contributed by atoms with van der Waals surface area (Å²) in [7, 11) is -0.883. The molecule has 2 atom stereocenters. The maximum absolute atomic E-state index is 2.66. The molecule has 0 aromatic heterocycles. The van der Waals surface area contributed by atoms with Gasteiger partial charge < -0.3 is 0 Å². The number of allylic oxidation sites excluding steroid dienone is 2. The third-order valence-corrected chi connectivity index (χ3v) is 15.6. The van der Waals surface area contributed by atoms with E-state index in [1.54, 1.807) is 44.5 Å². The molecule has 4 aliphatic rings. The average Bonchev–Trinajstić information content (AvgIpc) is 3.82. The van der Waals surface area contributed by atoms with E-state index in [1.807, 2.05) is 0 Å². The zero-order valence-corrected chi connectivity index (χ0v) is 31.8. The smallest absolute Gasteiger partial charge is 0.0695 e. The maximum atomic E-state index is 2.66. The summed E-state index contributed by atoms with van der Waals surface area (Å²) in [5.74, 6) is 0. The lowest BCUT2D eigenvalue weighted by molar-refractivity contribution is 0.590. The molecule has 4 aromatic carbocycles. The van der Waals surface area contributed by atoms with Crippen molar-refractivity contribution in [1.29, 1.82) is 0 Å². The van der Waals surface area contributed by atoms with Crippen molar-refractivity contribution in [2.75, 3.05) is 0 Å². The van der Waals surface area contributed by atoms with Crippen molar-refractivity contribution in [2.24, 2.45) is 0 Å². The summed E-state index contributed by atoms with van der Waals surface area (Å²) in [6.45, 7) is 21.5. The summed E-state index contributed by atoms with van der Waals surface area (Å²) in [5.41, 5.74) is 26.1. The lowest BCUT2D eigenvalue weighted by atomic mass is 9.84. The van der Waals surface area contributed by atoms with E-state index in [9.17, 15) is 0 Å². The van der Waals surface area contributed by atoms with Gasteiger partial charge in [0.25, 0.3) is 0 Å². The summed E-state index contributed by atoms with van der Waals surface area (Å²) < 4.78 is 0. The Hall–Kier alpha value is -3.42. The van der Waals surface area contributed by atoms with Gasteiger partial charge in [0.05, 0.1) is 8.80 Å². The van der Waals surface area contributed by atoms with Crippen LogP contribution >= 0.6 is 0 Å². The van der Waals surface area contributed by atoms with Crippen LogP contribution < -0.4 is 0 Å². The van der Waals surface area contributed by atoms with Crippen LogP contribution in [0.5, 0.6) is 0 Å². The fourth-order valence-corrected chi connectivity index (χ4v) is 13.2. The molecule has 0 amide bonds. The van der Waals surface area contributed by atoms with Crippen molar-refractivity contribution in [1.82, 2.24) is 0 Å². The van der Waals surface area contributed by atoms with Gasteiger partial charge in [0.2, 0.25) is 0 Å². The van der Waals surface area contributed by atoms with Crippen LogP contribution in [0.3, 0.4) is 0 Å². The topological polar surface area (TPSA) is 0 Å². The lowest BCUT2D eigenvalue weighted by Gasteiger charge is -2.30. The van der Waals surface area contributed by atoms with Gasteiger partial charge in [-0.3, -0.25) is 0 Å². The van der Waals surface area contributed by atoms with Crippen LogP contribution in [0.25, 0.3) is 34.4 Å². The van der Waals surface area contributed by atoms with Gasteiger partial charge in [-0.15, -0.1) is 0 Å². The SMILES string of the molecule is CC1=Cc2c(cc3c(c2-c2ccc(C(C)(C)C)cc2)CCC3)C1[Si](C)C1C(C)=Cc2c1cc1c(c2-c2ccc(C(C)(C)C)cc2)CCC1. The Morgan fingerprint density at radius 1 is 0.542 bits per heavy atom. The molecule has 1 radical (unpaired) electrons. The zero-order valence-electron chi connectivity index (χ0n) is 30.8. The molecule has 0 bridgehead atoms. The van der Waals surface area contributed by atoms with Crippen LogP contribution in [0.1, 0.15) is 135 Å². The first-order valence-corrected chi connectivity index (χ1v) is 20.8. The molecule has 1 heteroatoms. The van der Waals surface area contributed by atoms with Crippen LogP contribution in [0.15, 0.2) is 71.8 Å². The van der Waals surface area contributed by atoms with E-state index >= 15 is 0 Å². The second-order valence-electron chi connectivity index (χ2n) is 17.5. The van der Waals surface area contributed by atoms with E-state index in [0.29, 0.717) is 11.1 Å². The van der Waals surface area contributed by atoms with Crippen LogP contribution in [-0.4, -0.2) is 8.80 Å². The Balaban J connectivity index is 1.22. The number of hydrogen-bond donors (Lipinski definition) is 0. The van der Waals surface area contributed by atoms with Gasteiger partial charge in [0.15, 0.2) is 0 Å². The molecule has 8 rings (SSSR count). The van der Waals surface area contributed by atoms with Gasteiger partial charge in [-0.1, -0.05) is 132 Å². The second kappa shape index (κ2) is 11.3. The van der Waals surface area contributed by atoms with E-state index in [0.717, 1.165) is 0 Å². The van der Waals surface area contributed by atoms with Crippen molar-refractivity contribution >= 4 is 20.9 Å². The van der Waals surface area contributed by atoms with E-state index in [-0.39, 0.29) is 10.8 Å². The summed E-state index contributed by atoms with van der Waals surface area (Å²) in [4.78, 5) is 0. The number of aryl methyl sites for hydroxylation is 2. The standard InChI is InChI=1S/C47H53Si/c1-28-24-38-40(26-32-12-10-14-36(32)42(38)30-16-20-34(21-17-30)46(3,4)5)44(28)48(9)45-29(2)25-39-41(45)27-33-13-11-15-37(33)43(39)31-18-22-35(23-19-31)47(6,7)8/h16-27,44-45H,10-15H2,1-9H3. The molecule has 0 spiro atoms. The van der Waals surface area contributed by atoms with Gasteiger partial charge in [0, 0.05) is 0 Å². The minimum Gasteiger partial charge on any atom is -0.0695 e. The summed E-state index contributed by atoms with van der Waals surface area (Å²) >= 11 is 0. The fourth-order valence-electron chi connectivity index (χ4n) is 9.78. The van der Waals surface area contributed by atoms with Gasteiger partial charge >= 0.3 is 0 Å². The molecule has 245 valence electrons. The molecule has 0 heterocycles. The minimum absolute atomic E-state index is 0.166. The summed E-state index contributed by atoms with van der Waals surface area (Å²) in [5, 5.41) is 0. The predicted molar refractivity (Wildman–Crippen MR) is 210 cm³/mol. The Labute approximate surface area is 292 Å². The number of hydrogen-bond acceptors (Lipinski definition) is 0. The van der Waals surface area contributed by atoms with E-state index in [1.165, 1.54) is 83.0 Å². The van der Waals surface area contributed by atoms with E-state index in [2.05, 4.69) is 135 Å². The molecule has 0 saturated carbocycles. The van der Waals surface area contributed by atoms with Gasteiger partial charge in [-0.05, 0) is 152 Å². The molecule has 0 nitrogen and oxygen atoms in total. The normalized spacial score (nSPS) is 19.7. The maximum Gasteiger partial charge on any atom is 0.0717 e. The first-order valence-electron chi connectivity index (χ1n) is 18.6. The summed E-state index contributed by atoms with van der Waals surface area (Å²) in [6, 6.07) is 24.5. The number of benzene rings is 4. The highest BCUT2D eigenvalue weighted by Crippen LogP contribution is 2.53. The first-order chi connectivity index (χ1) is 22.8. The Bertz CT molecular complexity index is 1850. The highest BCUT2D eigenvalue weighted by Gasteiger charge is 2.41. The molecule has 48 heavy (non-hydrogen) atoms. The van der Waals surface area contributed by atoms with Crippen molar-refractivity contribution in [3.05, 3.63) is 127 Å². The number of fused-ring (bicyclic) bond motifs is 4. The Morgan fingerprint density at radius 2 is 0.917 bits per heavy atom. The monoisotopic (exact) mass is 645 g/mol. The van der Waals surface area contributed by atoms with Crippen molar-refractivity contribution in [2.45, 2.75) is 122 Å². The average molecular weight is 646 g/mol. The molecular weight excluding hydrogens is 593 g/mol. The molecule has 0 N–H and O–H groups in total. The zero-order chi connectivity index (χ0) is 33.7. The molecule has 0 aliphatic heterocycles. The van der Waals surface area contributed by atoms with Crippen LogP contribution in [0, 0.1) is 0 Å². The molecule has 0 saturated heterocycles. The third kappa shape index (κ3) is 5.06. The van der Waals surface area contributed by atoms with Crippen LogP contribution in [-0.2, 0) is 36.5 Å². The molecule has 4 aliphatic carbocycles. The van der Waals surface area contributed by atoms with Crippen LogP contribution in [0.4, 0.5) is 0 Å². The molecule has 4 aromatic rings. The van der Waals surface area contributed by atoms with Gasteiger partial charge in [0.1, 0.15) is 0 Å². The van der Waals surface area contributed by atoms with Crippen molar-refractivity contribution < 1.29 is 0 Å². The first kappa shape index (κ1) is 31.8. The Morgan fingerprint density at radius 3 is 1.27 bits per heavy atom. The quantitative estimate of drug-likeness (QED) is 0.194. The highest BCUT2D eigenvalue weighted by atomic mass is 28.3. The van der Waals surface area contributed by atoms with E-state index < -0.39 is 8.80 Å². The molecular formula is C47H53Si. The summed E-state index contributed by atoms with van der Waals surface area (Å²) in [6.07, 6.45) is 12.6. The van der Waals surface area contributed by atoms with Crippen molar-refractivity contribution in [3.8, 4) is 22.3 Å².